The summed E-state index contributed by atoms with van der Waals surface area (Å²) in [7, 11) is 0. The fraction of sp³-hybridized carbons (Fsp3) is 0.467. The first kappa shape index (κ1) is 15.9. The van der Waals surface area contributed by atoms with E-state index in [1.54, 1.807) is 12.1 Å². The van der Waals surface area contributed by atoms with E-state index in [9.17, 15) is 4.39 Å². The summed E-state index contributed by atoms with van der Waals surface area (Å²) >= 11 is 0. The predicted octanol–water partition coefficient (Wildman–Crippen LogP) is 3.14. The van der Waals surface area contributed by atoms with Crippen molar-refractivity contribution in [3.05, 3.63) is 47.4 Å². The normalized spacial score (nSPS) is 16.7. The average molecular weight is 312 g/mol. The third kappa shape index (κ3) is 3.60. The highest BCUT2D eigenvalue weighted by Gasteiger charge is 2.35. The standard InChI is InChI=1S/C15H18FN3O.ClH/c16-12-6-3-11(4-7-12)5-8-13-18-14(19-20-13)15(17)9-1-2-10-15;/h3-4,6-7H,1-2,5,8-10,17H2;1H. The zero-order valence-electron chi connectivity index (χ0n) is 11.7. The van der Waals surface area contributed by atoms with Crippen molar-refractivity contribution in [3.63, 3.8) is 0 Å². The summed E-state index contributed by atoms with van der Waals surface area (Å²) in [6.07, 6.45) is 5.48. The molecule has 1 fully saturated rings. The van der Waals surface area contributed by atoms with E-state index < -0.39 is 5.54 Å². The zero-order valence-corrected chi connectivity index (χ0v) is 12.5. The second-order valence-corrected chi connectivity index (χ2v) is 5.50. The van der Waals surface area contributed by atoms with E-state index in [2.05, 4.69) is 10.1 Å². The Morgan fingerprint density at radius 2 is 1.81 bits per heavy atom. The van der Waals surface area contributed by atoms with Crippen molar-refractivity contribution in [2.45, 2.75) is 44.1 Å². The molecule has 0 aliphatic heterocycles. The van der Waals surface area contributed by atoms with Gasteiger partial charge in [-0.05, 0) is 37.0 Å². The van der Waals surface area contributed by atoms with Gasteiger partial charge in [-0.1, -0.05) is 30.1 Å². The average Bonchev–Trinajstić information content (AvgIpc) is 3.08. The van der Waals surface area contributed by atoms with Crippen molar-refractivity contribution in [3.8, 4) is 0 Å². The number of nitrogens with two attached hydrogens (primary N) is 1. The van der Waals surface area contributed by atoms with Crippen LogP contribution in [-0.4, -0.2) is 10.1 Å². The van der Waals surface area contributed by atoms with Crippen molar-refractivity contribution < 1.29 is 8.91 Å². The molecule has 0 radical (unpaired) electrons. The molecule has 4 nitrogen and oxygen atoms in total. The lowest BCUT2D eigenvalue weighted by Gasteiger charge is -2.17. The number of benzene rings is 1. The van der Waals surface area contributed by atoms with Crippen LogP contribution in [0, 0.1) is 5.82 Å². The van der Waals surface area contributed by atoms with Crippen molar-refractivity contribution in [2.75, 3.05) is 0 Å². The van der Waals surface area contributed by atoms with E-state index in [-0.39, 0.29) is 18.2 Å². The number of hydrogen-bond acceptors (Lipinski definition) is 4. The number of hydrogen-bond donors (Lipinski definition) is 1. The van der Waals surface area contributed by atoms with Gasteiger partial charge in [-0.3, -0.25) is 0 Å². The Balaban J connectivity index is 0.00000161. The number of aryl methyl sites for hydroxylation is 2. The smallest absolute Gasteiger partial charge is 0.227 e. The Bertz CT molecular complexity index is 579. The van der Waals surface area contributed by atoms with Crippen LogP contribution in [0.3, 0.4) is 0 Å². The maximum Gasteiger partial charge on any atom is 0.227 e. The molecule has 1 aliphatic rings. The van der Waals surface area contributed by atoms with E-state index in [4.69, 9.17) is 10.3 Å². The van der Waals surface area contributed by atoms with E-state index in [0.717, 1.165) is 37.7 Å². The molecule has 0 saturated heterocycles. The van der Waals surface area contributed by atoms with Crippen LogP contribution in [-0.2, 0) is 18.4 Å². The molecule has 2 aromatic rings. The molecule has 2 N–H and O–H groups in total. The molecule has 3 rings (SSSR count). The largest absolute Gasteiger partial charge is 0.339 e. The van der Waals surface area contributed by atoms with Gasteiger partial charge in [0, 0.05) is 6.42 Å². The Hall–Kier alpha value is -1.46. The van der Waals surface area contributed by atoms with E-state index in [1.165, 1.54) is 12.1 Å². The summed E-state index contributed by atoms with van der Waals surface area (Å²) in [5.41, 5.74) is 6.94. The summed E-state index contributed by atoms with van der Waals surface area (Å²) in [6.45, 7) is 0. The van der Waals surface area contributed by atoms with Crippen LogP contribution in [0.4, 0.5) is 4.39 Å². The summed E-state index contributed by atoms with van der Waals surface area (Å²) < 4.78 is 18.1. The molecule has 0 atom stereocenters. The Labute approximate surface area is 129 Å². The van der Waals surface area contributed by atoms with Crippen LogP contribution in [0.2, 0.25) is 0 Å². The first-order chi connectivity index (χ1) is 9.66. The second kappa shape index (κ2) is 6.54. The third-order valence-electron chi connectivity index (χ3n) is 3.95. The summed E-state index contributed by atoms with van der Waals surface area (Å²) in [6, 6.07) is 6.46. The minimum atomic E-state index is -0.405. The number of halogens is 2. The Kier molecular flexibility index (Phi) is 4.96. The summed E-state index contributed by atoms with van der Waals surface area (Å²) in [4.78, 5) is 4.42. The lowest BCUT2D eigenvalue weighted by molar-refractivity contribution is 0.348. The first-order valence-corrected chi connectivity index (χ1v) is 7.02. The maximum absolute atomic E-state index is 12.8. The van der Waals surface area contributed by atoms with Crippen molar-refractivity contribution in [1.29, 1.82) is 0 Å². The predicted molar refractivity (Wildman–Crippen MR) is 79.7 cm³/mol. The molecular formula is C15H19ClFN3O. The molecule has 0 spiro atoms. The van der Waals surface area contributed by atoms with Gasteiger partial charge in [-0.2, -0.15) is 4.98 Å². The fourth-order valence-corrected chi connectivity index (χ4v) is 2.69. The molecule has 6 heteroatoms. The molecule has 1 saturated carbocycles. The van der Waals surface area contributed by atoms with Crippen LogP contribution in [0.5, 0.6) is 0 Å². The molecule has 0 amide bonds. The maximum atomic E-state index is 12.8. The number of rotatable bonds is 4. The highest BCUT2D eigenvalue weighted by molar-refractivity contribution is 5.85. The van der Waals surface area contributed by atoms with Gasteiger partial charge >= 0.3 is 0 Å². The lowest BCUT2D eigenvalue weighted by Crippen LogP contribution is -2.34. The van der Waals surface area contributed by atoms with E-state index in [0.29, 0.717) is 18.1 Å². The van der Waals surface area contributed by atoms with Gasteiger partial charge in [0.25, 0.3) is 0 Å². The van der Waals surface area contributed by atoms with Crippen LogP contribution >= 0.6 is 12.4 Å². The van der Waals surface area contributed by atoms with Crippen LogP contribution in [0.25, 0.3) is 0 Å². The van der Waals surface area contributed by atoms with Gasteiger partial charge in [0.1, 0.15) is 5.82 Å². The van der Waals surface area contributed by atoms with Crippen LogP contribution in [0.15, 0.2) is 28.8 Å². The highest BCUT2D eigenvalue weighted by Crippen LogP contribution is 2.34. The van der Waals surface area contributed by atoms with Gasteiger partial charge < -0.3 is 10.3 Å². The third-order valence-corrected chi connectivity index (χ3v) is 3.95. The van der Waals surface area contributed by atoms with E-state index in [1.807, 2.05) is 0 Å². The molecule has 1 aromatic heterocycles. The molecule has 114 valence electrons. The summed E-state index contributed by atoms with van der Waals surface area (Å²) in [5.74, 6) is 1.00. The lowest BCUT2D eigenvalue weighted by atomic mass is 9.99. The van der Waals surface area contributed by atoms with Gasteiger partial charge in [-0.15, -0.1) is 12.4 Å². The molecule has 0 bridgehead atoms. The van der Waals surface area contributed by atoms with E-state index >= 15 is 0 Å². The van der Waals surface area contributed by atoms with Gasteiger partial charge in [-0.25, -0.2) is 4.39 Å². The molecule has 1 aromatic carbocycles. The van der Waals surface area contributed by atoms with Crippen LogP contribution < -0.4 is 5.73 Å². The van der Waals surface area contributed by atoms with Crippen LogP contribution in [0.1, 0.15) is 43.0 Å². The Morgan fingerprint density at radius 1 is 1.14 bits per heavy atom. The zero-order chi connectivity index (χ0) is 14.0. The molecule has 21 heavy (non-hydrogen) atoms. The highest BCUT2D eigenvalue weighted by atomic mass is 35.5. The van der Waals surface area contributed by atoms with Crippen molar-refractivity contribution in [1.82, 2.24) is 10.1 Å². The first-order valence-electron chi connectivity index (χ1n) is 7.02. The molecular weight excluding hydrogens is 293 g/mol. The summed E-state index contributed by atoms with van der Waals surface area (Å²) in [5, 5.41) is 4.03. The second-order valence-electron chi connectivity index (χ2n) is 5.50. The molecule has 1 aliphatic carbocycles. The minimum absolute atomic E-state index is 0. The number of nitrogens with zero attached hydrogens (tertiary/aromatic N) is 2. The van der Waals surface area contributed by atoms with Gasteiger partial charge in [0.05, 0.1) is 5.54 Å². The Morgan fingerprint density at radius 3 is 2.48 bits per heavy atom. The van der Waals surface area contributed by atoms with Crippen molar-refractivity contribution in [2.24, 2.45) is 5.73 Å². The number of aromatic nitrogens is 2. The molecule has 0 unspecified atom stereocenters. The minimum Gasteiger partial charge on any atom is -0.339 e. The van der Waals surface area contributed by atoms with Crippen molar-refractivity contribution >= 4 is 12.4 Å². The topological polar surface area (TPSA) is 64.9 Å². The van der Waals surface area contributed by atoms with Gasteiger partial charge in [0.15, 0.2) is 5.82 Å². The molecule has 1 heterocycles. The SMILES string of the molecule is Cl.NC1(c2noc(CCc3ccc(F)cc3)n2)CCCC1. The quantitative estimate of drug-likeness (QED) is 0.942. The fourth-order valence-electron chi connectivity index (χ4n) is 2.69. The monoisotopic (exact) mass is 311 g/mol. The van der Waals surface area contributed by atoms with Gasteiger partial charge in [0.2, 0.25) is 5.89 Å².